The number of morpholine rings is 1. The monoisotopic (exact) mass is 271 g/mol. The second-order valence-corrected chi connectivity index (χ2v) is 6.17. The molecule has 1 aromatic heterocycles. The fraction of sp³-hybridized carbons (Fsp3) is 0.545. The number of hydrogen-bond acceptors (Lipinski definition) is 4. The summed E-state index contributed by atoms with van der Waals surface area (Å²) in [5, 5.41) is 0. The van der Waals surface area contributed by atoms with Gasteiger partial charge in [0, 0.05) is 39.1 Å². The van der Waals surface area contributed by atoms with Crippen LogP contribution in [0.25, 0.3) is 0 Å². The highest BCUT2D eigenvalue weighted by Crippen LogP contribution is 2.12. The fourth-order valence-electron chi connectivity index (χ4n) is 1.80. The molecule has 0 saturated carbocycles. The largest absolute Gasteiger partial charge is 0.379 e. The summed E-state index contributed by atoms with van der Waals surface area (Å²) < 4.78 is 32.5. The maximum absolute atomic E-state index is 12.3. The minimum Gasteiger partial charge on any atom is -0.379 e. The predicted octanol–water partition coefficient (Wildman–Crippen LogP) is 0.0904. The van der Waals surface area contributed by atoms with Gasteiger partial charge in [0.2, 0.25) is 0 Å². The molecule has 18 heavy (non-hydrogen) atoms. The third-order valence-electron chi connectivity index (χ3n) is 2.84. The standard InChI is InChI=1S/C11H17N3O3S/c1-13(10-11-2-4-12-5-3-11)18(15,16)14-6-8-17-9-7-14/h2-5H,6-10H2,1H3. The summed E-state index contributed by atoms with van der Waals surface area (Å²) in [5.74, 6) is 0. The van der Waals surface area contributed by atoms with Gasteiger partial charge < -0.3 is 4.74 Å². The van der Waals surface area contributed by atoms with Gasteiger partial charge in [-0.2, -0.15) is 17.0 Å². The third-order valence-corrected chi connectivity index (χ3v) is 4.78. The van der Waals surface area contributed by atoms with Crippen LogP contribution in [0.5, 0.6) is 0 Å². The zero-order valence-electron chi connectivity index (χ0n) is 10.3. The second-order valence-electron chi connectivity index (χ2n) is 4.13. The minimum atomic E-state index is -3.39. The Morgan fingerprint density at radius 3 is 2.56 bits per heavy atom. The molecule has 0 atom stereocenters. The number of hydrogen-bond donors (Lipinski definition) is 0. The van der Waals surface area contributed by atoms with Crippen molar-refractivity contribution in [2.24, 2.45) is 0 Å². The van der Waals surface area contributed by atoms with Crippen LogP contribution in [0.3, 0.4) is 0 Å². The summed E-state index contributed by atoms with van der Waals surface area (Å²) >= 11 is 0. The molecule has 1 aliphatic rings. The molecule has 1 fully saturated rings. The summed E-state index contributed by atoms with van der Waals surface area (Å²) in [6, 6.07) is 3.62. The highest BCUT2D eigenvalue weighted by Gasteiger charge is 2.28. The Kier molecular flexibility index (Phi) is 4.28. The Bertz CT molecular complexity index is 472. The van der Waals surface area contributed by atoms with Gasteiger partial charge in [-0.25, -0.2) is 0 Å². The number of pyridine rings is 1. The highest BCUT2D eigenvalue weighted by molar-refractivity contribution is 7.86. The molecule has 0 N–H and O–H groups in total. The van der Waals surface area contributed by atoms with Crippen molar-refractivity contribution in [2.75, 3.05) is 33.4 Å². The van der Waals surface area contributed by atoms with E-state index in [2.05, 4.69) is 4.98 Å². The molecule has 100 valence electrons. The number of rotatable bonds is 4. The lowest BCUT2D eigenvalue weighted by Gasteiger charge is -2.30. The van der Waals surface area contributed by atoms with E-state index in [0.717, 1.165) is 5.56 Å². The van der Waals surface area contributed by atoms with E-state index in [1.165, 1.54) is 8.61 Å². The predicted molar refractivity (Wildman–Crippen MR) is 67.0 cm³/mol. The van der Waals surface area contributed by atoms with Crippen LogP contribution in [-0.2, 0) is 21.5 Å². The van der Waals surface area contributed by atoms with E-state index in [9.17, 15) is 8.42 Å². The topological polar surface area (TPSA) is 62.7 Å². The van der Waals surface area contributed by atoms with Crippen LogP contribution in [0.1, 0.15) is 5.56 Å². The van der Waals surface area contributed by atoms with Crippen LogP contribution in [0.2, 0.25) is 0 Å². The van der Waals surface area contributed by atoms with Crippen molar-refractivity contribution in [1.29, 1.82) is 0 Å². The first-order valence-corrected chi connectivity index (χ1v) is 7.18. The van der Waals surface area contributed by atoms with E-state index in [-0.39, 0.29) is 0 Å². The Balaban J connectivity index is 2.05. The van der Waals surface area contributed by atoms with E-state index >= 15 is 0 Å². The average molecular weight is 271 g/mol. The maximum atomic E-state index is 12.3. The minimum absolute atomic E-state index is 0.349. The summed E-state index contributed by atoms with van der Waals surface area (Å²) in [4.78, 5) is 3.91. The smallest absolute Gasteiger partial charge is 0.282 e. The van der Waals surface area contributed by atoms with Crippen LogP contribution in [0.4, 0.5) is 0 Å². The first-order valence-electron chi connectivity index (χ1n) is 5.79. The molecule has 0 amide bonds. The van der Waals surface area contributed by atoms with Crippen LogP contribution >= 0.6 is 0 Å². The van der Waals surface area contributed by atoms with Crippen LogP contribution in [-0.4, -0.2) is 55.4 Å². The van der Waals surface area contributed by atoms with Crippen molar-refractivity contribution in [1.82, 2.24) is 13.6 Å². The van der Waals surface area contributed by atoms with Crippen LogP contribution < -0.4 is 0 Å². The average Bonchev–Trinajstić information content (AvgIpc) is 2.41. The van der Waals surface area contributed by atoms with Crippen LogP contribution in [0.15, 0.2) is 24.5 Å². The molecule has 1 aromatic rings. The molecule has 1 aliphatic heterocycles. The van der Waals surface area contributed by atoms with E-state index in [4.69, 9.17) is 4.74 Å². The lowest BCUT2D eigenvalue weighted by atomic mass is 10.3. The Labute approximate surface area is 107 Å². The summed E-state index contributed by atoms with van der Waals surface area (Å²) in [6.07, 6.45) is 3.31. The molecule has 2 rings (SSSR count). The molecule has 0 aliphatic carbocycles. The van der Waals surface area contributed by atoms with Gasteiger partial charge in [0.05, 0.1) is 13.2 Å². The summed E-state index contributed by atoms with van der Waals surface area (Å²) in [5.41, 5.74) is 0.921. The molecular weight excluding hydrogens is 254 g/mol. The van der Waals surface area contributed by atoms with Gasteiger partial charge in [0.25, 0.3) is 10.2 Å². The Hall–Kier alpha value is -1.02. The molecule has 0 radical (unpaired) electrons. The van der Waals surface area contributed by atoms with Gasteiger partial charge in [-0.3, -0.25) is 4.98 Å². The van der Waals surface area contributed by atoms with E-state index < -0.39 is 10.2 Å². The van der Waals surface area contributed by atoms with Gasteiger partial charge in [0.1, 0.15) is 0 Å². The SMILES string of the molecule is CN(Cc1ccncc1)S(=O)(=O)N1CCOCC1. The van der Waals surface area contributed by atoms with E-state index in [1.807, 2.05) is 12.1 Å². The molecule has 0 aromatic carbocycles. The highest BCUT2D eigenvalue weighted by atomic mass is 32.2. The van der Waals surface area contributed by atoms with Gasteiger partial charge in [-0.15, -0.1) is 0 Å². The van der Waals surface area contributed by atoms with Gasteiger partial charge >= 0.3 is 0 Å². The lowest BCUT2D eigenvalue weighted by Crippen LogP contribution is -2.47. The zero-order valence-corrected chi connectivity index (χ0v) is 11.1. The molecule has 0 bridgehead atoms. The Morgan fingerprint density at radius 2 is 1.94 bits per heavy atom. The fourth-order valence-corrected chi connectivity index (χ4v) is 3.12. The molecule has 0 unspecified atom stereocenters. The summed E-state index contributed by atoms with van der Waals surface area (Å²) in [6.45, 7) is 2.11. The molecule has 6 nitrogen and oxygen atoms in total. The maximum Gasteiger partial charge on any atom is 0.282 e. The molecule has 0 spiro atoms. The van der Waals surface area contributed by atoms with Crippen molar-refractivity contribution in [2.45, 2.75) is 6.54 Å². The molecular formula is C11H17N3O3S. The summed E-state index contributed by atoms with van der Waals surface area (Å²) in [7, 11) is -1.81. The zero-order chi connectivity index (χ0) is 13.0. The van der Waals surface area contributed by atoms with Crippen molar-refractivity contribution >= 4 is 10.2 Å². The van der Waals surface area contributed by atoms with Crippen molar-refractivity contribution in [3.63, 3.8) is 0 Å². The van der Waals surface area contributed by atoms with Crippen LogP contribution in [0, 0.1) is 0 Å². The van der Waals surface area contributed by atoms with Gasteiger partial charge in [-0.05, 0) is 17.7 Å². The normalized spacial score (nSPS) is 18.1. The van der Waals surface area contributed by atoms with Gasteiger partial charge in [-0.1, -0.05) is 0 Å². The lowest BCUT2D eigenvalue weighted by molar-refractivity contribution is 0.0705. The van der Waals surface area contributed by atoms with Crippen molar-refractivity contribution in [3.8, 4) is 0 Å². The molecule has 2 heterocycles. The number of ether oxygens (including phenoxy) is 1. The second kappa shape index (κ2) is 5.75. The van der Waals surface area contributed by atoms with E-state index in [1.54, 1.807) is 19.4 Å². The first-order chi connectivity index (χ1) is 8.60. The Morgan fingerprint density at radius 1 is 1.33 bits per heavy atom. The van der Waals surface area contributed by atoms with Crippen molar-refractivity contribution in [3.05, 3.63) is 30.1 Å². The molecule has 1 saturated heterocycles. The number of nitrogens with zero attached hydrogens (tertiary/aromatic N) is 3. The first kappa shape index (κ1) is 13.4. The van der Waals surface area contributed by atoms with Crippen molar-refractivity contribution < 1.29 is 13.2 Å². The third kappa shape index (κ3) is 3.05. The quantitative estimate of drug-likeness (QED) is 0.778. The molecule has 7 heteroatoms. The van der Waals surface area contributed by atoms with Gasteiger partial charge in [0.15, 0.2) is 0 Å². The number of aromatic nitrogens is 1. The van der Waals surface area contributed by atoms with E-state index in [0.29, 0.717) is 32.8 Å².